The Morgan fingerprint density at radius 2 is 1.78 bits per heavy atom. The fourth-order valence-electron chi connectivity index (χ4n) is 4.00. The van der Waals surface area contributed by atoms with Crippen molar-refractivity contribution in [2.75, 3.05) is 5.32 Å². The van der Waals surface area contributed by atoms with Crippen LogP contribution in [0.5, 0.6) is 11.5 Å². The molecule has 0 radical (unpaired) electrons. The minimum absolute atomic E-state index is 0.0399. The molecule has 5 rings (SSSR count). The molecular weight excluding hydrogens is 416 g/mol. The van der Waals surface area contributed by atoms with Gasteiger partial charge in [0.1, 0.15) is 5.82 Å². The number of aryl methyl sites for hydroxylation is 3. The maximum atomic E-state index is 13.4. The number of aromatic nitrogens is 2. The first-order chi connectivity index (χ1) is 15.2. The van der Waals surface area contributed by atoms with E-state index in [2.05, 4.69) is 24.8 Å². The molecular formula is C24H21F2N3O3. The first-order valence-electron chi connectivity index (χ1n) is 10.3. The highest BCUT2D eigenvalue weighted by molar-refractivity contribution is 6.01. The van der Waals surface area contributed by atoms with Gasteiger partial charge in [-0.15, -0.1) is 8.78 Å². The van der Waals surface area contributed by atoms with E-state index in [-0.39, 0.29) is 17.4 Å². The van der Waals surface area contributed by atoms with Gasteiger partial charge >= 0.3 is 6.29 Å². The molecule has 1 aliphatic carbocycles. The molecule has 1 aromatic carbocycles. The Morgan fingerprint density at radius 3 is 2.53 bits per heavy atom. The number of hydrogen-bond acceptors (Lipinski definition) is 5. The van der Waals surface area contributed by atoms with Gasteiger partial charge in [-0.2, -0.15) is 0 Å². The lowest BCUT2D eigenvalue weighted by Gasteiger charge is -2.17. The summed E-state index contributed by atoms with van der Waals surface area (Å²) < 4.78 is 35.7. The predicted octanol–water partition coefficient (Wildman–Crippen LogP) is 5.06. The number of rotatable bonds is 4. The van der Waals surface area contributed by atoms with Crippen LogP contribution in [0.3, 0.4) is 0 Å². The number of nitrogens with one attached hydrogen (secondary N) is 1. The van der Waals surface area contributed by atoms with E-state index in [0.29, 0.717) is 24.2 Å². The normalized spacial score (nSPS) is 17.2. The summed E-state index contributed by atoms with van der Waals surface area (Å²) in [5.41, 5.74) is 4.32. The number of pyridine rings is 2. The number of halogens is 2. The van der Waals surface area contributed by atoms with E-state index in [9.17, 15) is 13.6 Å². The summed E-state index contributed by atoms with van der Waals surface area (Å²) in [6.07, 6.45) is -0.675. The minimum Gasteiger partial charge on any atom is -0.395 e. The summed E-state index contributed by atoms with van der Waals surface area (Å²) in [4.78, 5) is 22.3. The topological polar surface area (TPSA) is 73.3 Å². The number of benzene rings is 1. The van der Waals surface area contributed by atoms with Crippen LogP contribution in [0.15, 0.2) is 42.6 Å². The molecule has 0 atom stereocenters. The number of ether oxygens (including phenoxy) is 2. The van der Waals surface area contributed by atoms with Crippen molar-refractivity contribution in [3.8, 4) is 22.8 Å². The first-order valence-corrected chi connectivity index (χ1v) is 10.3. The van der Waals surface area contributed by atoms with Crippen LogP contribution in [0.1, 0.15) is 35.2 Å². The third-order valence-corrected chi connectivity index (χ3v) is 5.96. The van der Waals surface area contributed by atoms with Gasteiger partial charge in [-0.1, -0.05) is 12.1 Å². The van der Waals surface area contributed by atoms with Crippen molar-refractivity contribution >= 4 is 11.7 Å². The molecule has 0 spiro atoms. The number of alkyl halides is 2. The summed E-state index contributed by atoms with van der Waals surface area (Å²) in [5.74, 6) is 0.0891. The molecule has 1 N–H and O–H groups in total. The summed E-state index contributed by atoms with van der Waals surface area (Å²) in [7, 11) is 0. The second-order valence-corrected chi connectivity index (χ2v) is 8.37. The number of fused-ring (bicyclic) bond motifs is 1. The first kappa shape index (κ1) is 20.4. The van der Waals surface area contributed by atoms with E-state index >= 15 is 0 Å². The van der Waals surface area contributed by atoms with Crippen molar-refractivity contribution in [3.63, 3.8) is 0 Å². The van der Waals surface area contributed by atoms with E-state index in [0.717, 1.165) is 28.1 Å². The Balaban J connectivity index is 1.42. The zero-order valence-corrected chi connectivity index (χ0v) is 17.8. The molecule has 8 heteroatoms. The van der Waals surface area contributed by atoms with Gasteiger partial charge in [0.2, 0.25) is 5.91 Å². The van der Waals surface area contributed by atoms with Crippen molar-refractivity contribution in [3.05, 3.63) is 65.0 Å². The van der Waals surface area contributed by atoms with Crippen molar-refractivity contribution < 1.29 is 23.0 Å². The molecule has 0 saturated heterocycles. The third-order valence-electron chi connectivity index (χ3n) is 5.96. The molecule has 0 unspecified atom stereocenters. The Bertz CT molecular complexity index is 1260. The number of amides is 1. The lowest BCUT2D eigenvalue weighted by atomic mass is 9.94. The van der Waals surface area contributed by atoms with Gasteiger partial charge in [0.25, 0.3) is 0 Å². The second-order valence-electron chi connectivity index (χ2n) is 8.37. The van der Waals surface area contributed by atoms with Crippen molar-refractivity contribution in [1.82, 2.24) is 9.97 Å². The van der Waals surface area contributed by atoms with Crippen LogP contribution in [0.25, 0.3) is 11.3 Å². The number of nitrogens with zero attached hydrogens (tertiary/aromatic N) is 2. The van der Waals surface area contributed by atoms with Gasteiger partial charge in [0, 0.05) is 17.5 Å². The van der Waals surface area contributed by atoms with Gasteiger partial charge in [-0.25, -0.2) is 4.98 Å². The van der Waals surface area contributed by atoms with Crippen molar-refractivity contribution in [2.24, 2.45) is 0 Å². The minimum atomic E-state index is -3.69. The maximum Gasteiger partial charge on any atom is 0.586 e. The van der Waals surface area contributed by atoms with Crippen LogP contribution in [-0.2, 0) is 10.2 Å². The van der Waals surface area contributed by atoms with E-state index in [1.807, 2.05) is 32.9 Å². The van der Waals surface area contributed by atoms with Crippen molar-refractivity contribution in [1.29, 1.82) is 0 Å². The Kier molecular flexibility index (Phi) is 4.44. The lowest BCUT2D eigenvalue weighted by Crippen LogP contribution is -2.28. The zero-order chi connectivity index (χ0) is 22.7. The monoisotopic (exact) mass is 437 g/mol. The predicted molar refractivity (Wildman–Crippen MR) is 114 cm³/mol. The van der Waals surface area contributed by atoms with Gasteiger partial charge in [-0.05, 0) is 74.6 Å². The van der Waals surface area contributed by atoms with Crippen LogP contribution in [0, 0.1) is 20.8 Å². The molecule has 3 aromatic rings. The summed E-state index contributed by atoms with van der Waals surface area (Å²) in [6.45, 7) is 5.85. The number of carbonyl (C=O) groups is 1. The molecule has 2 aromatic heterocycles. The van der Waals surface area contributed by atoms with Crippen LogP contribution in [-0.4, -0.2) is 22.2 Å². The molecule has 3 heterocycles. The molecule has 1 amide bonds. The van der Waals surface area contributed by atoms with Crippen LogP contribution < -0.4 is 14.8 Å². The Hall–Kier alpha value is -3.55. The van der Waals surface area contributed by atoms with E-state index < -0.39 is 11.7 Å². The van der Waals surface area contributed by atoms with E-state index in [1.54, 1.807) is 18.3 Å². The highest BCUT2D eigenvalue weighted by Crippen LogP contribution is 2.52. The Labute approximate surface area is 183 Å². The average molecular weight is 437 g/mol. The fourth-order valence-corrected chi connectivity index (χ4v) is 4.00. The number of anilines is 1. The van der Waals surface area contributed by atoms with Crippen LogP contribution in [0.4, 0.5) is 14.6 Å². The van der Waals surface area contributed by atoms with Gasteiger partial charge in [-0.3, -0.25) is 9.78 Å². The van der Waals surface area contributed by atoms with Crippen molar-refractivity contribution in [2.45, 2.75) is 45.3 Å². The smallest absolute Gasteiger partial charge is 0.395 e. The lowest BCUT2D eigenvalue weighted by molar-refractivity contribution is -0.286. The maximum absolute atomic E-state index is 13.4. The standard InChI is InChI=1S/C24H21F2N3O3/c1-13-10-17(15(3)27-12-13)21-14(2)4-7-20(28-21)29-22(30)23(8-9-23)16-5-6-18-19(11-16)32-24(25,26)31-18/h4-7,10-12H,8-9H2,1-3H3,(H,28,29,30). The summed E-state index contributed by atoms with van der Waals surface area (Å²) in [6, 6.07) is 10.2. The summed E-state index contributed by atoms with van der Waals surface area (Å²) in [5, 5.41) is 2.91. The fraction of sp³-hybridized carbons (Fsp3) is 0.292. The highest BCUT2D eigenvalue weighted by atomic mass is 19.3. The number of carbonyl (C=O) groups excluding carboxylic acids is 1. The second kappa shape index (κ2) is 6.98. The molecule has 164 valence electrons. The number of hydrogen-bond donors (Lipinski definition) is 1. The van der Waals surface area contributed by atoms with Gasteiger partial charge in [0.05, 0.1) is 11.1 Å². The molecule has 1 aliphatic heterocycles. The molecule has 1 saturated carbocycles. The zero-order valence-electron chi connectivity index (χ0n) is 17.8. The largest absolute Gasteiger partial charge is 0.586 e. The van der Waals surface area contributed by atoms with Crippen LogP contribution in [0.2, 0.25) is 0 Å². The third kappa shape index (κ3) is 3.45. The Morgan fingerprint density at radius 1 is 1.03 bits per heavy atom. The molecule has 32 heavy (non-hydrogen) atoms. The van der Waals surface area contributed by atoms with E-state index in [1.165, 1.54) is 12.1 Å². The molecule has 0 bridgehead atoms. The SMILES string of the molecule is Cc1cnc(C)c(-c2nc(NC(=O)C3(c4ccc5c(c4)OC(F)(F)O5)CC3)ccc2C)c1. The summed E-state index contributed by atoms with van der Waals surface area (Å²) >= 11 is 0. The van der Waals surface area contributed by atoms with E-state index in [4.69, 9.17) is 0 Å². The molecule has 6 nitrogen and oxygen atoms in total. The highest BCUT2D eigenvalue weighted by Gasteiger charge is 2.53. The average Bonchev–Trinajstić information content (AvgIpc) is 3.48. The molecule has 2 aliphatic rings. The quantitative estimate of drug-likeness (QED) is 0.618. The van der Waals surface area contributed by atoms with Gasteiger partial charge in [0.15, 0.2) is 11.5 Å². The van der Waals surface area contributed by atoms with Crippen LogP contribution >= 0.6 is 0 Å². The molecule has 1 fully saturated rings. The van der Waals surface area contributed by atoms with Gasteiger partial charge < -0.3 is 14.8 Å².